The standard InChI is InChI=1S/C15H18N2O3/c16-15(6-3-7-15)14(20)17-9-11-5-2-1-4-10(11)8-12(17)13(18)19/h1-2,4-5,12H,3,6-9,16H2,(H,18,19)/t12-/m0/s1. The first-order valence-corrected chi connectivity index (χ1v) is 6.91. The third-order valence-electron chi connectivity index (χ3n) is 4.47. The molecule has 0 radical (unpaired) electrons. The molecule has 20 heavy (non-hydrogen) atoms. The van der Waals surface area contributed by atoms with Crippen LogP contribution in [0.15, 0.2) is 24.3 Å². The van der Waals surface area contributed by atoms with Gasteiger partial charge in [-0.15, -0.1) is 0 Å². The van der Waals surface area contributed by atoms with Crippen molar-refractivity contribution in [2.45, 2.75) is 43.8 Å². The maximum atomic E-state index is 12.6. The molecule has 3 rings (SSSR count). The van der Waals surface area contributed by atoms with Gasteiger partial charge in [-0.2, -0.15) is 0 Å². The molecule has 1 aromatic carbocycles. The Kier molecular flexibility index (Phi) is 3.01. The van der Waals surface area contributed by atoms with E-state index < -0.39 is 17.6 Å². The number of hydrogen-bond donors (Lipinski definition) is 2. The molecule has 1 atom stereocenters. The van der Waals surface area contributed by atoms with E-state index in [1.807, 2.05) is 24.3 Å². The van der Waals surface area contributed by atoms with Crippen LogP contribution in [-0.2, 0) is 22.6 Å². The van der Waals surface area contributed by atoms with Crippen molar-refractivity contribution in [3.63, 3.8) is 0 Å². The van der Waals surface area contributed by atoms with E-state index in [9.17, 15) is 14.7 Å². The first kappa shape index (κ1) is 13.1. The van der Waals surface area contributed by atoms with Crippen molar-refractivity contribution in [2.75, 3.05) is 0 Å². The lowest BCUT2D eigenvalue weighted by Gasteiger charge is -2.44. The molecular formula is C15H18N2O3. The van der Waals surface area contributed by atoms with Gasteiger partial charge in [0.05, 0.1) is 5.54 Å². The van der Waals surface area contributed by atoms with Gasteiger partial charge in [0.15, 0.2) is 0 Å². The number of rotatable bonds is 2. The average Bonchev–Trinajstić information content (AvgIpc) is 2.42. The van der Waals surface area contributed by atoms with Gasteiger partial charge in [0.2, 0.25) is 5.91 Å². The Balaban J connectivity index is 1.92. The van der Waals surface area contributed by atoms with E-state index in [2.05, 4.69) is 0 Å². The molecule has 1 aliphatic heterocycles. The highest BCUT2D eigenvalue weighted by molar-refractivity contribution is 5.91. The summed E-state index contributed by atoms with van der Waals surface area (Å²) in [6.45, 7) is 0.338. The SMILES string of the molecule is NC1(C(=O)N2Cc3ccccc3C[C@H]2C(=O)O)CCC1. The lowest BCUT2D eigenvalue weighted by atomic mass is 9.76. The van der Waals surface area contributed by atoms with Gasteiger partial charge in [-0.1, -0.05) is 24.3 Å². The number of amides is 1. The highest BCUT2D eigenvalue weighted by Gasteiger charge is 2.46. The molecule has 1 saturated carbocycles. The first-order valence-electron chi connectivity index (χ1n) is 6.91. The van der Waals surface area contributed by atoms with Gasteiger partial charge in [0.1, 0.15) is 6.04 Å². The van der Waals surface area contributed by atoms with Crippen molar-refractivity contribution in [2.24, 2.45) is 5.73 Å². The Morgan fingerprint density at radius 2 is 1.90 bits per heavy atom. The quantitative estimate of drug-likeness (QED) is 0.839. The zero-order valence-corrected chi connectivity index (χ0v) is 11.2. The summed E-state index contributed by atoms with van der Waals surface area (Å²) in [4.78, 5) is 25.5. The fourth-order valence-electron chi connectivity index (χ4n) is 3.01. The minimum absolute atomic E-state index is 0.217. The van der Waals surface area contributed by atoms with Crippen LogP contribution in [0.25, 0.3) is 0 Å². The number of carboxylic acid groups (broad SMARTS) is 1. The molecule has 2 aliphatic rings. The van der Waals surface area contributed by atoms with Crippen molar-refractivity contribution in [1.82, 2.24) is 4.90 Å². The highest BCUT2D eigenvalue weighted by Crippen LogP contribution is 2.34. The molecule has 106 valence electrons. The second-order valence-electron chi connectivity index (χ2n) is 5.77. The minimum atomic E-state index is -0.962. The molecule has 0 saturated heterocycles. The van der Waals surface area contributed by atoms with E-state index in [0.717, 1.165) is 17.5 Å². The largest absolute Gasteiger partial charge is 0.480 e. The molecule has 0 aromatic heterocycles. The van der Waals surface area contributed by atoms with Crippen LogP contribution in [0.5, 0.6) is 0 Å². The van der Waals surface area contributed by atoms with Crippen molar-refractivity contribution in [3.8, 4) is 0 Å². The van der Waals surface area contributed by atoms with Crippen LogP contribution in [0.1, 0.15) is 30.4 Å². The van der Waals surface area contributed by atoms with Crippen LogP contribution >= 0.6 is 0 Å². The maximum absolute atomic E-state index is 12.6. The Morgan fingerprint density at radius 1 is 1.25 bits per heavy atom. The summed E-state index contributed by atoms with van der Waals surface area (Å²) in [6.07, 6.45) is 2.59. The molecule has 1 aromatic rings. The molecule has 5 nitrogen and oxygen atoms in total. The second-order valence-corrected chi connectivity index (χ2v) is 5.77. The summed E-state index contributed by atoms with van der Waals surface area (Å²) >= 11 is 0. The lowest BCUT2D eigenvalue weighted by molar-refractivity contribution is -0.155. The molecule has 1 fully saturated rings. The molecule has 0 unspecified atom stereocenters. The van der Waals surface area contributed by atoms with Crippen LogP contribution in [0, 0.1) is 0 Å². The highest BCUT2D eigenvalue weighted by atomic mass is 16.4. The molecule has 0 bridgehead atoms. The smallest absolute Gasteiger partial charge is 0.326 e. The lowest BCUT2D eigenvalue weighted by Crippen LogP contribution is -2.63. The zero-order chi connectivity index (χ0) is 14.3. The third-order valence-corrected chi connectivity index (χ3v) is 4.47. The van der Waals surface area contributed by atoms with E-state index >= 15 is 0 Å². The van der Waals surface area contributed by atoms with Gasteiger partial charge >= 0.3 is 5.97 Å². The summed E-state index contributed by atoms with van der Waals surface area (Å²) in [5.41, 5.74) is 7.25. The van der Waals surface area contributed by atoms with Crippen molar-refractivity contribution >= 4 is 11.9 Å². The van der Waals surface area contributed by atoms with E-state index in [1.165, 1.54) is 4.90 Å². The number of nitrogens with two attached hydrogens (primary N) is 1. The van der Waals surface area contributed by atoms with E-state index in [0.29, 0.717) is 25.8 Å². The van der Waals surface area contributed by atoms with Gasteiger partial charge in [-0.25, -0.2) is 4.79 Å². The van der Waals surface area contributed by atoms with Crippen molar-refractivity contribution in [1.29, 1.82) is 0 Å². The topological polar surface area (TPSA) is 83.6 Å². The number of aliphatic carboxylic acids is 1. The van der Waals surface area contributed by atoms with Crippen LogP contribution in [0.4, 0.5) is 0 Å². The molecule has 1 heterocycles. The normalized spacial score (nSPS) is 23.6. The van der Waals surface area contributed by atoms with Gasteiger partial charge in [-0.05, 0) is 30.4 Å². The van der Waals surface area contributed by atoms with E-state index in [-0.39, 0.29) is 5.91 Å². The summed E-state index contributed by atoms with van der Waals surface area (Å²) in [5, 5.41) is 9.40. The summed E-state index contributed by atoms with van der Waals surface area (Å²) in [7, 11) is 0. The molecule has 1 aliphatic carbocycles. The third kappa shape index (κ3) is 1.98. The fraction of sp³-hybridized carbons (Fsp3) is 0.467. The van der Waals surface area contributed by atoms with Gasteiger partial charge in [-0.3, -0.25) is 4.79 Å². The molecular weight excluding hydrogens is 256 g/mol. The minimum Gasteiger partial charge on any atom is -0.480 e. The predicted molar refractivity (Wildman–Crippen MR) is 72.9 cm³/mol. The fourth-order valence-corrected chi connectivity index (χ4v) is 3.01. The monoisotopic (exact) mass is 274 g/mol. The zero-order valence-electron chi connectivity index (χ0n) is 11.2. The number of carboxylic acids is 1. The van der Waals surface area contributed by atoms with Gasteiger partial charge < -0.3 is 15.7 Å². The predicted octanol–water partition coefficient (Wildman–Crippen LogP) is 0.906. The van der Waals surface area contributed by atoms with E-state index in [1.54, 1.807) is 0 Å². The Hall–Kier alpha value is -1.88. The van der Waals surface area contributed by atoms with E-state index in [4.69, 9.17) is 5.73 Å². The Bertz CT molecular complexity index is 566. The van der Waals surface area contributed by atoms with Gasteiger partial charge in [0.25, 0.3) is 0 Å². The van der Waals surface area contributed by atoms with Crippen LogP contribution in [0.3, 0.4) is 0 Å². The number of carbonyl (C=O) groups excluding carboxylic acids is 1. The number of benzene rings is 1. The summed E-state index contributed by atoms with van der Waals surface area (Å²) in [5.74, 6) is -1.18. The molecule has 1 amide bonds. The Morgan fingerprint density at radius 3 is 2.45 bits per heavy atom. The van der Waals surface area contributed by atoms with Crippen molar-refractivity contribution in [3.05, 3.63) is 35.4 Å². The molecule has 0 spiro atoms. The Labute approximate surface area is 117 Å². The number of fused-ring (bicyclic) bond motifs is 1. The second kappa shape index (κ2) is 4.59. The van der Waals surface area contributed by atoms with Crippen molar-refractivity contribution < 1.29 is 14.7 Å². The number of hydrogen-bond acceptors (Lipinski definition) is 3. The van der Waals surface area contributed by atoms with Crippen LogP contribution in [-0.4, -0.2) is 33.5 Å². The summed E-state index contributed by atoms with van der Waals surface area (Å²) < 4.78 is 0. The van der Waals surface area contributed by atoms with Crippen LogP contribution in [0.2, 0.25) is 0 Å². The molecule has 3 N–H and O–H groups in total. The van der Waals surface area contributed by atoms with Gasteiger partial charge in [0, 0.05) is 13.0 Å². The summed E-state index contributed by atoms with van der Waals surface area (Å²) in [6, 6.07) is 6.86. The average molecular weight is 274 g/mol. The number of nitrogens with zero attached hydrogens (tertiary/aromatic N) is 1. The number of carbonyl (C=O) groups is 2. The first-order chi connectivity index (χ1) is 9.51. The maximum Gasteiger partial charge on any atom is 0.326 e. The molecule has 5 heteroatoms. The van der Waals surface area contributed by atoms with Crippen LogP contribution < -0.4 is 5.73 Å².